The highest BCUT2D eigenvalue weighted by Gasteiger charge is 2.47. The quantitative estimate of drug-likeness (QED) is 0.0541. The Morgan fingerprint density at radius 3 is 1.64 bits per heavy atom. The minimum absolute atomic E-state index is 0.0546. The molecule has 6 aromatic rings. The van der Waals surface area contributed by atoms with Gasteiger partial charge in [0.25, 0.3) is 10.1 Å². The number of anilines is 2. The van der Waals surface area contributed by atoms with Crippen molar-refractivity contribution in [3.05, 3.63) is 190 Å². The number of benzene rings is 6. The van der Waals surface area contributed by atoms with Gasteiger partial charge in [0.05, 0.1) is 32.9 Å². The number of esters is 1. The number of likely N-dealkylation sites (tertiary alicyclic amines) is 1. The molecule has 23 heteroatoms. The number of rotatable bonds is 16. The largest absolute Gasteiger partial charge is 0.497 e. The molecule has 10 rings (SSSR count). The molecule has 5 amide bonds. The Morgan fingerprint density at radius 1 is 0.639 bits per heavy atom. The fourth-order valence-corrected chi connectivity index (χ4v) is 10.2. The van der Waals surface area contributed by atoms with Crippen LogP contribution in [0.4, 0.5) is 25.8 Å². The Morgan fingerprint density at radius 2 is 1.14 bits per heavy atom. The van der Waals surface area contributed by atoms with E-state index in [1.807, 2.05) is 91.0 Å². The summed E-state index contributed by atoms with van der Waals surface area (Å²) in [5.74, 6) is 0.0603. The van der Waals surface area contributed by atoms with Gasteiger partial charge in [-0.25, -0.2) is 14.4 Å². The highest BCUT2D eigenvalue weighted by atomic mass is 35.5. The summed E-state index contributed by atoms with van der Waals surface area (Å²) in [5, 5.41) is 3.73. The molecule has 4 saturated heterocycles. The first-order chi connectivity index (χ1) is 40.0. The lowest BCUT2D eigenvalue weighted by Gasteiger charge is -2.33. The summed E-state index contributed by atoms with van der Waals surface area (Å²) < 4.78 is 60.2. The topological polar surface area (TPSA) is 226 Å². The molecule has 0 aromatic heterocycles. The second-order valence-corrected chi connectivity index (χ2v) is 21.9. The lowest BCUT2D eigenvalue weighted by Crippen LogP contribution is -2.50. The van der Waals surface area contributed by atoms with E-state index in [-0.39, 0.29) is 57.1 Å². The molecule has 436 valence electrons. The number of piperazine rings is 1. The number of nitrogens with zero attached hydrogens (tertiary/aromatic N) is 4. The standard InChI is InChI=1S/C30H29ClN2O6.C18H18ClNO6S.C12H14N2O3/c1-37-25-9-5-8-21(16-25)28-26(39-30(36)33(28)24-12-10-23(31)11-13-24)18-32-15-14-22(17-27(32)34)29(35)38-19-20-6-3-2-4-7-20;1-24-15-5-3-4-12(10-15)17-16(11-25-27(2,22)23)26-18(21)20(17)14-8-6-13(19)7-9-14;15-11-8-14(7-6-13-11)12(16)17-9-10-4-2-1-3-5-10/h2-13,16,22,26,28H,14-15,17-19H2,1H3;3-10,16-17H,11H2,1-2H3;1-5H,6-9H2,(H,13,15)/t22?,26-,28-;16-,17-;/m00./s1. The first kappa shape index (κ1) is 60.7. The van der Waals surface area contributed by atoms with E-state index in [1.54, 1.807) is 83.6 Å². The van der Waals surface area contributed by atoms with Gasteiger partial charge in [0.1, 0.15) is 56.1 Å². The van der Waals surface area contributed by atoms with E-state index >= 15 is 0 Å². The van der Waals surface area contributed by atoms with E-state index in [1.165, 1.54) is 16.9 Å². The Bertz CT molecular complexity index is 3330. The maximum Gasteiger partial charge on any atom is 0.415 e. The fraction of sp³-hybridized carbons (Fsp3) is 0.300. The summed E-state index contributed by atoms with van der Waals surface area (Å²) in [7, 11) is -0.568. The molecule has 1 unspecified atom stereocenters. The smallest absolute Gasteiger partial charge is 0.415 e. The van der Waals surface area contributed by atoms with Crippen molar-refractivity contribution in [3.63, 3.8) is 0 Å². The summed E-state index contributed by atoms with van der Waals surface area (Å²) >= 11 is 12.0. The fourth-order valence-electron chi connectivity index (χ4n) is 9.57. The number of hydrogen-bond donors (Lipinski definition) is 1. The highest BCUT2D eigenvalue weighted by molar-refractivity contribution is 7.86. The van der Waals surface area contributed by atoms with Crippen molar-refractivity contribution in [1.29, 1.82) is 0 Å². The average molecular weight is 1200 g/mol. The van der Waals surface area contributed by atoms with E-state index in [4.69, 9.17) is 55.8 Å². The number of carbonyl (C=O) groups excluding carboxylic acids is 6. The maximum absolute atomic E-state index is 13.1. The Hall–Kier alpha value is -8.37. The van der Waals surface area contributed by atoms with E-state index in [0.29, 0.717) is 59.0 Å². The molecule has 4 aliphatic heterocycles. The van der Waals surface area contributed by atoms with E-state index in [9.17, 15) is 37.2 Å². The molecule has 0 radical (unpaired) electrons. The summed E-state index contributed by atoms with van der Waals surface area (Å²) in [6.45, 7) is 1.74. The van der Waals surface area contributed by atoms with Gasteiger partial charge in [-0.2, -0.15) is 8.42 Å². The number of piperidine rings is 1. The van der Waals surface area contributed by atoms with Crippen LogP contribution in [0.5, 0.6) is 11.5 Å². The van der Waals surface area contributed by atoms with Gasteiger partial charge >= 0.3 is 24.2 Å². The molecule has 1 N–H and O–H groups in total. The predicted molar refractivity (Wildman–Crippen MR) is 307 cm³/mol. The second-order valence-electron chi connectivity index (χ2n) is 19.4. The van der Waals surface area contributed by atoms with Gasteiger partial charge in [0, 0.05) is 47.5 Å². The van der Waals surface area contributed by atoms with Gasteiger partial charge in [-0.05, 0) is 101 Å². The van der Waals surface area contributed by atoms with Crippen LogP contribution in [0.25, 0.3) is 0 Å². The van der Waals surface area contributed by atoms with E-state index < -0.39 is 58.6 Å². The molecule has 4 aliphatic rings. The number of halogens is 2. The van der Waals surface area contributed by atoms with Crippen LogP contribution in [-0.2, 0) is 60.8 Å². The normalized spacial score (nSPS) is 19.5. The minimum atomic E-state index is -3.69. The Kier molecular flexibility index (Phi) is 20.9. The number of amides is 5. The molecule has 6 aromatic carbocycles. The van der Waals surface area contributed by atoms with E-state index in [0.717, 1.165) is 28.5 Å². The SMILES string of the molecule is COc1cccc([C@H]2[C@H](CN3CCC(C(=O)OCc4ccccc4)CC3=O)OC(=O)N2c2ccc(Cl)cc2)c1.COc1cccc([C@H]2[C@H](COS(C)(=O)=O)OC(=O)N2c2ccc(Cl)cc2)c1.O=C1CN(C(=O)OCc2ccccc2)CCN1. The number of cyclic esters (lactones) is 2. The number of nitrogens with one attached hydrogen (secondary N) is 1. The van der Waals surface area contributed by atoms with Crippen LogP contribution in [-0.4, -0.2) is 126 Å². The molecular weight excluding hydrogens is 1130 g/mol. The summed E-state index contributed by atoms with van der Waals surface area (Å²) in [5.41, 5.74) is 4.56. The van der Waals surface area contributed by atoms with Crippen LogP contribution in [0.15, 0.2) is 158 Å². The van der Waals surface area contributed by atoms with Crippen LogP contribution < -0.4 is 24.6 Å². The summed E-state index contributed by atoms with van der Waals surface area (Å²) in [6, 6.07) is 46.0. The number of hydrogen-bond acceptors (Lipinski definition) is 15. The molecule has 0 saturated carbocycles. The minimum Gasteiger partial charge on any atom is -0.497 e. The molecule has 0 bridgehead atoms. The van der Waals surface area contributed by atoms with Gasteiger partial charge < -0.3 is 38.6 Å². The molecule has 5 atom stereocenters. The van der Waals surface area contributed by atoms with Crippen LogP contribution in [0.2, 0.25) is 10.0 Å². The van der Waals surface area contributed by atoms with Crippen molar-refractivity contribution in [3.8, 4) is 11.5 Å². The van der Waals surface area contributed by atoms with Crippen molar-refractivity contribution in [2.24, 2.45) is 5.92 Å². The predicted octanol–water partition coefficient (Wildman–Crippen LogP) is 9.54. The summed E-state index contributed by atoms with van der Waals surface area (Å²) in [6.07, 6.45) is -1.54. The number of ether oxygens (including phenoxy) is 6. The third-order valence-corrected chi connectivity index (χ3v) is 14.7. The lowest BCUT2D eigenvalue weighted by atomic mass is 9.94. The monoisotopic (exact) mass is 1190 g/mol. The molecule has 20 nitrogen and oxygen atoms in total. The van der Waals surface area contributed by atoms with Crippen LogP contribution in [0.1, 0.15) is 47.2 Å². The molecule has 4 fully saturated rings. The third-order valence-electron chi connectivity index (χ3n) is 13.7. The van der Waals surface area contributed by atoms with Gasteiger partial charge in [-0.3, -0.25) is 33.3 Å². The van der Waals surface area contributed by atoms with E-state index in [2.05, 4.69) is 5.32 Å². The van der Waals surface area contributed by atoms with Gasteiger partial charge in [0.2, 0.25) is 11.8 Å². The van der Waals surface area contributed by atoms with Crippen molar-refractivity contribution in [1.82, 2.24) is 15.1 Å². The van der Waals surface area contributed by atoms with Crippen molar-refractivity contribution < 1.29 is 69.8 Å². The lowest BCUT2D eigenvalue weighted by molar-refractivity contribution is -0.156. The van der Waals surface area contributed by atoms with Crippen LogP contribution in [0, 0.1) is 5.92 Å². The first-order valence-corrected chi connectivity index (χ1v) is 28.9. The summed E-state index contributed by atoms with van der Waals surface area (Å²) in [4.78, 5) is 80.3. The molecule has 83 heavy (non-hydrogen) atoms. The molecule has 0 spiro atoms. The van der Waals surface area contributed by atoms with Gasteiger partial charge in [0.15, 0.2) is 6.10 Å². The Labute approximate surface area is 490 Å². The third kappa shape index (κ3) is 16.7. The van der Waals surface area contributed by atoms with Crippen molar-refractivity contribution >= 4 is 80.8 Å². The molecule has 0 aliphatic carbocycles. The zero-order chi connectivity index (χ0) is 59.0. The zero-order valence-electron chi connectivity index (χ0n) is 45.5. The van der Waals surface area contributed by atoms with Crippen molar-refractivity contribution in [2.75, 3.05) is 69.6 Å². The Balaban J connectivity index is 0.000000177. The number of methoxy groups -OCH3 is 2. The molecule has 4 heterocycles. The van der Waals surface area contributed by atoms with Crippen LogP contribution in [0.3, 0.4) is 0 Å². The maximum atomic E-state index is 13.1. The highest BCUT2D eigenvalue weighted by Crippen LogP contribution is 2.41. The first-order valence-electron chi connectivity index (χ1n) is 26.3. The van der Waals surface area contributed by atoms with Gasteiger partial charge in [-0.15, -0.1) is 0 Å². The number of carbonyl (C=O) groups is 6. The zero-order valence-corrected chi connectivity index (χ0v) is 47.9. The van der Waals surface area contributed by atoms with Crippen molar-refractivity contribution in [2.45, 2.75) is 50.3 Å². The average Bonchev–Trinajstić information content (AvgIpc) is 4.14. The van der Waals surface area contributed by atoms with Gasteiger partial charge in [-0.1, -0.05) is 108 Å². The van der Waals surface area contributed by atoms with Crippen LogP contribution >= 0.6 is 23.2 Å². The second kappa shape index (κ2) is 28.6. The molecular formula is C60H61Cl2N5O15S.